The van der Waals surface area contributed by atoms with Gasteiger partial charge in [0.05, 0.1) is 15.1 Å². The van der Waals surface area contributed by atoms with Crippen LogP contribution in [0.1, 0.15) is 5.56 Å². The molecule has 10 heteroatoms. The third-order valence-corrected chi connectivity index (χ3v) is 5.41. The van der Waals surface area contributed by atoms with Crippen molar-refractivity contribution in [1.82, 2.24) is 9.88 Å². The Morgan fingerprint density at radius 2 is 1.90 bits per heavy atom. The Bertz CT molecular complexity index is 1070. The predicted molar refractivity (Wildman–Crippen MR) is 125 cm³/mol. The molecule has 7 nitrogen and oxygen atoms in total. The van der Waals surface area contributed by atoms with Crippen molar-refractivity contribution in [2.75, 3.05) is 32.1 Å². The van der Waals surface area contributed by atoms with Crippen LogP contribution in [0, 0.1) is 10.1 Å². The number of aromatic nitrogens is 1. The number of hydrogen-bond acceptors (Lipinski definition) is 6. The zero-order valence-corrected chi connectivity index (χ0v) is 18.7. The van der Waals surface area contributed by atoms with Gasteiger partial charge in [-0.1, -0.05) is 22.9 Å². The van der Waals surface area contributed by atoms with E-state index in [1.807, 2.05) is 31.1 Å². The van der Waals surface area contributed by atoms with Gasteiger partial charge in [0.15, 0.2) is 5.13 Å². The third-order valence-electron chi connectivity index (χ3n) is 4.13. The molecule has 0 radical (unpaired) electrons. The highest BCUT2D eigenvalue weighted by Crippen LogP contribution is 2.31. The van der Waals surface area contributed by atoms with Crippen molar-refractivity contribution < 1.29 is 9.72 Å². The normalized spacial score (nSPS) is 11.1. The highest BCUT2D eigenvalue weighted by Gasteiger charge is 2.18. The largest absolute Gasteiger partial charge is 0.308 e. The Kier molecular flexibility index (Phi) is 8.31. The Morgan fingerprint density at radius 3 is 2.53 bits per heavy atom. The molecule has 0 bridgehead atoms. The summed E-state index contributed by atoms with van der Waals surface area (Å²) in [6.07, 6.45) is 3.09. The van der Waals surface area contributed by atoms with Crippen molar-refractivity contribution in [2.45, 2.75) is 0 Å². The van der Waals surface area contributed by atoms with Crippen LogP contribution in [0.3, 0.4) is 0 Å². The number of carbonyl (C=O) groups is 1. The number of non-ortho nitro benzene ring substituents is 1. The number of nitro groups is 1. The zero-order valence-electron chi connectivity index (χ0n) is 16.3. The van der Waals surface area contributed by atoms with E-state index in [9.17, 15) is 14.9 Å². The Hall–Kier alpha value is -2.52. The number of rotatable bonds is 7. The van der Waals surface area contributed by atoms with E-state index in [0.29, 0.717) is 28.8 Å². The molecule has 1 amide bonds. The lowest BCUT2D eigenvalue weighted by Gasteiger charge is -2.20. The van der Waals surface area contributed by atoms with Crippen LogP contribution in [-0.2, 0) is 4.79 Å². The van der Waals surface area contributed by atoms with Crippen molar-refractivity contribution in [1.29, 1.82) is 0 Å². The van der Waals surface area contributed by atoms with Crippen molar-refractivity contribution >= 4 is 68.4 Å². The van der Waals surface area contributed by atoms with Crippen LogP contribution in [0.4, 0.5) is 10.8 Å². The van der Waals surface area contributed by atoms with Gasteiger partial charge < -0.3 is 4.90 Å². The lowest BCUT2D eigenvalue weighted by molar-refractivity contribution is -0.384. The van der Waals surface area contributed by atoms with Gasteiger partial charge in [0.1, 0.15) is 0 Å². The number of halogens is 2. The Balaban J connectivity index is 0.00000320. The number of nitro benzene ring substituents is 1. The number of hydrogen-bond donors (Lipinski definition) is 0. The first kappa shape index (κ1) is 23.8. The quantitative estimate of drug-likeness (QED) is 0.281. The molecule has 0 saturated heterocycles. The number of amides is 1. The summed E-state index contributed by atoms with van der Waals surface area (Å²) in [5, 5.41) is 12.0. The van der Waals surface area contributed by atoms with Crippen molar-refractivity contribution in [3.63, 3.8) is 0 Å². The minimum atomic E-state index is -0.457. The molecule has 3 rings (SSSR count). The molecule has 158 valence electrons. The van der Waals surface area contributed by atoms with Crippen LogP contribution in [0.15, 0.2) is 48.5 Å². The molecule has 3 aromatic rings. The van der Waals surface area contributed by atoms with Gasteiger partial charge in [-0.3, -0.25) is 19.8 Å². The first-order valence-corrected chi connectivity index (χ1v) is 9.98. The topological polar surface area (TPSA) is 79.6 Å². The monoisotopic (exact) mass is 466 g/mol. The van der Waals surface area contributed by atoms with E-state index in [4.69, 9.17) is 11.6 Å². The molecule has 0 spiro atoms. The zero-order chi connectivity index (χ0) is 21.0. The van der Waals surface area contributed by atoms with E-state index < -0.39 is 4.92 Å². The second kappa shape index (κ2) is 10.5. The minimum absolute atomic E-state index is 0. The number of carbonyl (C=O) groups excluding carboxylic acids is 1. The average Bonchev–Trinajstić information content (AvgIpc) is 3.09. The van der Waals surface area contributed by atoms with E-state index in [0.717, 1.165) is 10.2 Å². The van der Waals surface area contributed by atoms with E-state index in [1.165, 1.54) is 29.5 Å². The van der Waals surface area contributed by atoms with Crippen LogP contribution < -0.4 is 4.90 Å². The predicted octanol–water partition coefficient (Wildman–Crippen LogP) is 4.89. The molecule has 1 heterocycles. The first-order chi connectivity index (χ1) is 13.8. The van der Waals surface area contributed by atoms with Gasteiger partial charge >= 0.3 is 0 Å². The first-order valence-electron chi connectivity index (χ1n) is 8.78. The molecule has 0 fully saturated rings. The third kappa shape index (κ3) is 5.99. The van der Waals surface area contributed by atoms with Crippen molar-refractivity contribution in [2.24, 2.45) is 0 Å². The van der Waals surface area contributed by atoms with Gasteiger partial charge in [0.2, 0.25) is 0 Å². The van der Waals surface area contributed by atoms with Crippen LogP contribution in [0.2, 0.25) is 5.02 Å². The summed E-state index contributed by atoms with van der Waals surface area (Å²) in [4.78, 5) is 31.4. The number of thiazole rings is 1. The van der Waals surface area contributed by atoms with E-state index >= 15 is 0 Å². The van der Waals surface area contributed by atoms with Gasteiger partial charge in [0.25, 0.3) is 11.6 Å². The maximum Gasteiger partial charge on any atom is 0.269 e. The fraction of sp³-hybridized carbons (Fsp3) is 0.200. The summed E-state index contributed by atoms with van der Waals surface area (Å²) >= 11 is 7.47. The molecule has 0 unspecified atom stereocenters. The second-order valence-electron chi connectivity index (χ2n) is 6.58. The number of fused-ring (bicyclic) bond motifs is 1. The summed E-state index contributed by atoms with van der Waals surface area (Å²) in [7, 11) is 3.88. The van der Waals surface area contributed by atoms with Gasteiger partial charge in [-0.25, -0.2) is 4.98 Å². The minimum Gasteiger partial charge on any atom is -0.308 e. The van der Waals surface area contributed by atoms with Gasteiger partial charge in [-0.15, -0.1) is 12.4 Å². The molecule has 0 aliphatic carbocycles. The van der Waals surface area contributed by atoms with Gasteiger partial charge in [-0.2, -0.15) is 0 Å². The summed E-state index contributed by atoms with van der Waals surface area (Å²) in [6, 6.07) is 11.5. The van der Waals surface area contributed by atoms with Crippen LogP contribution in [0.25, 0.3) is 16.3 Å². The van der Waals surface area contributed by atoms with Crippen molar-refractivity contribution in [3.8, 4) is 0 Å². The number of anilines is 1. The lowest BCUT2D eigenvalue weighted by atomic mass is 10.2. The number of likely N-dealkylation sites (N-methyl/N-ethyl adjacent to an activating group) is 1. The molecule has 0 atom stereocenters. The second-order valence-corrected chi connectivity index (χ2v) is 8.03. The molecule has 0 saturated carbocycles. The summed E-state index contributed by atoms with van der Waals surface area (Å²) in [5.74, 6) is -0.213. The SMILES string of the molecule is CN(C)CCN(C(=O)C=Cc1ccc([N+](=O)[O-])cc1)c1nc2ccc(Cl)cc2s1.Cl. The average molecular weight is 467 g/mol. The highest BCUT2D eigenvalue weighted by molar-refractivity contribution is 7.22. The molecular formula is C20H20Cl2N4O3S. The molecule has 30 heavy (non-hydrogen) atoms. The van der Waals surface area contributed by atoms with E-state index in [1.54, 1.807) is 29.2 Å². The Morgan fingerprint density at radius 1 is 1.20 bits per heavy atom. The highest BCUT2D eigenvalue weighted by atomic mass is 35.5. The number of nitrogens with zero attached hydrogens (tertiary/aromatic N) is 4. The van der Waals surface area contributed by atoms with E-state index in [2.05, 4.69) is 4.98 Å². The molecule has 2 aromatic carbocycles. The van der Waals surface area contributed by atoms with E-state index in [-0.39, 0.29) is 24.0 Å². The number of benzene rings is 2. The molecular weight excluding hydrogens is 447 g/mol. The van der Waals surface area contributed by atoms with Crippen LogP contribution in [-0.4, -0.2) is 47.9 Å². The van der Waals surface area contributed by atoms with Crippen molar-refractivity contribution in [3.05, 3.63) is 69.2 Å². The maximum atomic E-state index is 12.9. The molecule has 0 aliphatic rings. The fourth-order valence-electron chi connectivity index (χ4n) is 2.57. The van der Waals surface area contributed by atoms with Gasteiger partial charge in [0, 0.05) is 36.3 Å². The molecule has 1 aromatic heterocycles. The summed E-state index contributed by atoms with van der Waals surface area (Å²) in [5.41, 5.74) is 1.50. The summed E-state index contributed by atoms with van der Waals surface area (Å²) < 4.78 is 0.912. The molecule has 0 aliphatic heterocycles. The Labute approximate surface area is 189 Å². The summed E-state index contributed by atoms with van der Waals surface area (Å²) in [6.45, 7) is 1.15. The smallest absolute Gasteiger partial charge is 0.269 e. The van der Waals surface area contributed by atoms with Crippen LogP contribution in [0.5, 0.6) is 0 Å². The lowest BCUT2D eigenvalue weighted by Crippen LogP contribution is -2.35. The fourth-order valence-corrected chi connectivity index (χ4v) is 3.84. The van der Waals surface area contributed by atoms with Gasteiger partial charge in [-0.05, 0) is 56.1 Å². The standard InChI is InChI=1S/C20H19ClN4O3S.ClH/c1-23(2)11-12-24(20-22-17-9-6-15(21)13-18(17)29-20)19(26)10-5-14-3-7-16(8-4-14)25(27)28;/h3-10,13H,11-12H2,1-2H3;1H. The molecule has 0 N–H and O–H groups in total. The maximum absolute atomic E-state index is 12.9. The van der Waals surface area contributed by atoms with Crippen LogP contribution >= 0.6 is 35.3 Å².